The van der Waals surface area contributed by atoms with E-state index in [-0.39, 0.29) is 17.9 Å². The van der Waals surface area contributed by atoms with Gasteiger partial charge < -0.3 is 25.0 Å². The molecular formula is C9H15NO5S. The van der Waals surface area contributed by atoms with E-state index in [4.69, 9.17) is 9.84 Å². The average Bonchev–Trinajstić information content (AvgIpc) is 2.73. The highest BCUT2D eigenvalue weighted by Crippen LogP contribution is 2.34. The van der Waals surface area contributed by atoms with E-state index in [9.17, 15) is 15.0 Å². The van der Waals surface area contributed by atoms with Crippen LogP contribution in [0.2, 0.25) is 0 Å². The van der Waals surface area contributed by atoms with Crippen molar-refractivity contribution in [3.63, 3.8) is 0 Å². The summed E-state index contributed by atoms with van der Waals surface area (Å²) in [6, 6.07) is 0. The minimum Gasteiger partial charge on any atom is -0.394 e. The summed E-state index contributed by atoms with van der Waals surface area (Å²) in [4.78, 5) is 12.8. The van der Waals surface area contributed by atoms with Crippen molar-refractivity contribution in [2.24, 2.45) is 0 Å². The van der Waals surface area contributed by atoms with E-state index < -0.39 is 24.4 Å². The van der Waals surface area contributed by atoms with Gasteiger partial charge in [0, 0.05) is 7.05 Å². The minimum absolute atomic E-state index is 0.0206. The number of carbonyl (C=O) groups is 1. The number of likely N-dealkylation sites (N-methyl/N-ethyl adjacent to an activating group) is 1. The van der Waals surface area contributed by atoms with Gasteiger partial charge in [-0.2, -0.15) is 0 Å². The zero-order valence-corrected chi connectivity index (χ0v) is 9.63. The molecule has 0 radical (unpaired) electrons. The smallest absolute Gasteiger partial charge is 0.233 e. The van der Waals surface area contributed by atoms with Crippen molar-refractivity contribution >= 4 is 17.7 Å². The number of aliphatic hydroxyl groups excluding tert-OH is 3. The average molecular weight is 249 g/mol. The van der Waals surface area contributed by atoms with Crippen molar-refractivity contribution in [2.75, 3.05) is 19.4 Å². The number of nitrogens with zero attached hydrogens (tertiary/aromatic N) is 1. The van der Waals surface area contributed by atoms with Crippen molar-refractivity contribution in [1.82, 2.24) is 4.90 Å². The molecule has 0 aliphatic carbocycles. The normalized spacial score (nSPS) is 44.4. The number of ether oxygens (including phenoxy) is 1. The van der Waals surface area contributed by atoms with Crippen molar-refractivity contribution < 1.29 is 24.9 Å². The van der Waals surface area contributed by atoms with Crippen LogP contribution in [-0.2, 0) is 9.53 Å². The number of hydrogen-bond acceptors (Lipinski definition) is 6. The first-order chi connectivity index (χ1) is 7.56. The van der Waals surface area contributed by atoms with E-state index in [0.29, 0.717) is 5.75 Å². The maximum absolute atomic E-state index is 11.3. The second-order valence-corrected chi connectivity index (χ2v) is 5.11. The van der Waals surface area contributed by atoms with E-state index >= 15 is 0 Å². The fourth-order valence-corrected chi connectivity index (χ4v) is 3.26. The Morgan fingerprint density at radius 3 is 2.62 bits per heavy atom. The predicted molar refractivity (Wildman–Crippen MR) is 56.8 cm³/mol. The Kier molecular flexibility index (Phi) is 3.41. The first kappa shape index (κ1) is 12.1. The predicted octanol–water partition coefficient (Wildman–Crippen LogP) is -2.00. The van der Waals surface area contributed by atoms with Crippen molar-refractivity contribution in [2.45, 2.75) is 29.8 Å². The SMILES string of the molecule is CN1C(=O)CS[C@H]1[C@H]1O[C@H](CO)[C@@H](O)[C@@H]1O. The van der Waals surface area contributed by atoms with Crippen LogP contribution in [0, 0.1) is 0 Å². The third-order valence-electron chi connectivity index (χ3n) is 3.01. The fourth-order valence-electron chi connectivity index (χ4n) is 1.99. The monoisotopic (exact) mass is 249 g/mol. The summed E-state index contributed by atoms with van der Waals surface area (Å²) in [6.07, 6.45) is -3.58. The molecule has 1 amide bonds. The first-order valence-corrected chi connectivity index (χ1v) is 6.11. The van der Waals surface area contributed by atoms with Gasteiger partial charge in [0.25, 0.3) is 0 Å². The number of aliphatic hydroxyl groups is 3. The molecule has 16 heavy (non-hydrogen) atoms. The summed E-state index contributed by atoms with van der Waals surface area (Å²) >= 11 is 1.37. The highest BCUT2D eigenvalue weighted by atomic mass is 32.2. The maximum atomic E-state index is 11.3. The summed E-state index contributed by atoms with van der Waals surface area (Å²) in [6.45, 7) is -0.343. The van der Waals surface area contributed by atoms with Gasteiger partial charge in [-0.3, -0.25) is 4.79 Å². The lowest BCUT2D eigenvalue weighted by Gasteiger charge is -2.26. The van der Waals surface area contributed by atoms with E-state index in [1.807, 2.05) is 0 Å². The van der Waals surface area contributed by atoms with E-state index in [0.717, 1.165) is 0 Å². The third-order valence-corrected chi connectivity index (χ3v) is 4.35. The summed E-state index contributed by atoms with van der Waals surface area (Å²) in [5.41, 5.74) is 0. The van der Waals surface area contributed by atoms with Crippen LogP contribution >= 0.6 is 11.8 Å². The molecule has 2 fully saturated rings. The summed E-state index contributed by atoms with van der Waals surface area (Å²) < 4.78 is 5.37. The Labute approximate surface area is 97.2 Å². The van der Waals surface area contributed by atoms with Crippen molar-refractivity contribution in [1.29, 1.82) is 0 Å². The van der Waals surface area contributed by atoms with Crippen molar-refractivity contribution in [3.05, 3.63) is 0 Å². The summed E-state index contributed by atoms with van der Waals surface area (Å²) in [5, 5.41) is 28.0. The van der Waals surface area contributed by atoms with Crippen LogP contribution in [0.25, 0.3) is 0 Å². The van der Waals surface area contributed by atoms with Gasteiger partial charge in [-0.25, -0.2) is 0 Å². The Balaban J connectivity index is 2.08. The van der Waals surface area contributed by atoms with Crippen LogP contribution in [0.5, 0.6) is 0 Å². The molecule has 6 nitrogen and oxygen atoms in total. The standard InChI is InChI=1S/C9H15NO5S/c1-10-5(12)3-16-9(10)8-7(14)6(13)4(2-11)15-8/h4,6-9,11,13-14H,2-3H2,1H3/t4-,6-,7+,8+,9+/m1/s1. The molecular weight excluding hydrogens is 234 g/mol. The molecule has 0 aromatic carbocycles. The minimum atomic E-state index is -1.10. The highest BCUT2D eigenvalue weighted by molar-refractivity contribution is 8.01. The van der Waals surface area contributed by atoms with Gasteiger partial charge >= 0.3 is 0 Å². The molecule has 5 atom stereocenters. The molecule has 2 heterocycles. The quantitative estimate of drug-likeness (QED) is 0.524. The molecule has 2 aliphatic heterocycles. The van der Waals surface area contributed by atoms with E-state index in [1.165, 1.54) is 16.7 Å². The molecule has 0 unspecified atom stereocenters. The second-order valence-electron chi connectivity index (χ2n) is 4.01. The van der Waals surface area contributed by atoms with Crippen LogP contribution < -0.4 is 0 Å². The molecule has 0 aromatic rings. The Morgan fingerprint density at radius 1 is 1.50 bits per heavy atom. The molecule has 0 aromatic heterocycles. The van der Waals surface area contributed by atoms with Gasteiger partial charge in [-0.05, 0) is 0 Å². The lowest BCUT2D eigenvalue weighted by Crippen LogP contribution is -2.44. The Morgan fingerprint density at radius 2 is 2.19 bits per heavy atom. The lowest BCUT2D eigenvalue weighted by atomic mass is 10.1. The Bertz CT molecular complexity index is 289. The van der Waals surface area contributed by atoms with Gasteiger partial charge in [-0.1, -0.05) is 0 Å². The van der Waals surface area contributed by atoms with Gasteiger partial charge in [0.15, 0.2) is 0 Å². The Hall–Kier alpha value is -0.340. The molecule has 0 spiro atoms. The molecule has 92 valence electrons. The highest BCUT2D eigenvalue weighted by Gasteiger charge is 2.49. The van der Waals surface area contributed by atoms with E-state index in [2.05, 4.69) is 0 Å². The lowest BCUT2D eigenvalue weighted by molar-refractivity contribution is -0.129. The number of rotatable bonds is 2. The van der Waals surface area contributed by atoms with E-state index in [1.54, 1.807) is 7.05 Å². The molecule has 2 rings (SSSR count). The van der Waals surface area contributed by atoms with Crippen molar-refractivity contribution in [3.8, 4) is 0 Å². The van der Waals surface area contributed by atoms with Crippen LogP contribution in [0.4, 0.5) is 0 Å². The number of amides is 1. The second kappa shape index (κ2) is 4.50. The molecule has 0 bridgehead atoms. The molecule has 0 saturated carbocycles. The fraction of sp³-hybridized carbons (Fsp3) is 0.889. The first-order valence-electron chi connectivity index (χ1n) is 5.06. The molecule has 7 heteroatoms. The van der Waals surface area contributed by atoms with Gasteiger partial charge in [0.1, 0.15) is 29.8 Å². The molecule has 2 saturated heterocycles. The van der Waals surface area contributed by atoms with Crippen LogP contribution in [0.3, 0.4) is 0 Å². The largest absolute Gasteiger partial charge is 0.394 e. The van der Waals surface area contributed by atoms with Gasteiger partial charge in [0.2, 0.25) is 5.91 Å². The molecule has 3 N–H and O–H groups in total. The van der Waals surface area contributed by atoms with Gasteiger partial charge in [0.05, 0.1) is 12.4 Å². The maximum Gasteiger partial charge on any atom is 0.233 e. The number of carbonyl (C=O) groups excluding carboxylic acids is 1. The zero-order chi connectivity index (χ0) is 11.9. The number of hydrogen-bond donors (Lipinski definition) is 3. The summed E-state index contributed by atoms with van der Waals surface area (Å²) in [7, 11) is 1.64. The molecule has 2 aliphatic rings. The zero-order valence-electron chi connectivity index (χ0n) is 8.81. The van der Waals surface area contributed by atoms with Crippen LogP contribution in [0.15, 0.2) is 0 Å². The van der Waals surface area contributed by atoms with Gasteiger partial charge in [-0.15, -0.1) is 11.8 Å². The third kappa shape index (κ3) is 1.82. The topological polar surface area (TPSA) is 90.2 Å². The summed E-state index contributed by atoms with van der Waals surface area (Å²) in [5.74, 6) is 0.334. The van der Waals surface area contributed by atoms with Crippen LogP contribution in [0.1, 0.15) is 0 Å². The number of thioether (sulfide) groups is 1. The van der Waals surface area contributed by atoms with Crippen LogP contribution in [-0.4, -0.2) is 75.3 Å².